The standard InChI is InChI=1S/C16H16BrClO2/c1-2-9-19-13-5-7-14(8-6-13)20-15-4-3-12(11-18)16(17)10-15/h3-8,10H,2,9,11H2,1H3. The monoisotopic (exact) mass is 354 g/mol. The van der Waals surface area contributed by atoms with Crippen molar-refractivity contribution >= 4 is 27.5 Å². The van der Waals surface area contributed by atoms with E-state index in [0.29, 0.717) is 5.88 Å². The lowest BCUT2D eigenvalue weighted by atomic mass is 10.2. The summed E-state index contributed by atoms with van der Waals surface area (Å²) in [5.74, 6) is 2.88. The van der Waals surface area contributed by atoms with Gasteiger partial charge in [-0.05, 0) is 48.4 Å². The summed E-state index contributed by atoms with van der Waals surface area (Å²) in [6, 6.07) is 13.4. The Morgan fingerprint density at radius 3 is 2.25 bits per heavy atom. The predicted octanol–water partition coefficient (Wildman–Crippen LogP) is 5.77. The molecular weight excluding hydrogens is 340 g/mol. The molecule has 2 rings (SSSR count). The molecule has 0 spiro atoms. The van der Waals surface area contributed by atoms with Crippen molar-refractivity contribution in [2.75, 3.05) is 6.61 Å². The van der Waals surface area contributed by atoms with Crippen molar-refractivity contribution in [3.8, 4) is 17.2 Å². The van der Waals surface area contributed by atoms with E-state index in [0.717, 1.165) is 40.3 Å². The lowest BCUT2D eigenvalue weighted by Gasteiger charge is -2.09. The van der Waals surface area contributed by atoms with Crippen LogP contribution < -0.4 is 9.47 Å². The minimum atomic E-state index is 0.477. The van der Waals surface area contributed by atoms with Crippen molar-refractivity contribution in [1.82, 2.24) is 0 Å². The summed E-state index contributed by atoms with van der Waals surface area (Å²) in [6.07, 6.45) is 0.999. The molecule has 2 aromatic rings. The van der Waals surface area contributed by atoms with Gasteiger partial charge < -0.3 is 9.47 Å². The number of rotatable bonds is 6. The van der Waals surface area contributed by atoms with E-state index in [-0.39, 0.29) is 0 Å². The maximum absolute atomic E-state index is 5.82. The van der Waals surface area contributed by atoms with Crippen molar-refractivity contribution in [3.05, 3.63) is 52.5 Å². The van der Waals surface area contributed by atoms with Crippen molar-refractivity contribution in [3.63, 3.8) is 0 Å². The van der Waals surface area contributed by atoms with Crippen LogP contribution in [-0.2, 0) is 5.88 Å². The van der Waals surface area contributed by atoms with E-state index >= 15 is 0 Å². The van der Waals surface area contributed by atoms with Gasteiger partial charge in [-0.2, -0.15) is 0 Å². The third kappa shape index (κ3) is 4.15. The highest BCUT2D eigenvalue weighted by atomic mass is 79.9. The van der Waals surface area contributed by atoms with Gasteiger partial charge in [-0.3, -0.25) is 0 Å². The molecule has 2 aromatic carbocycles. The molecule has 106 valence electrons. The molecule has 0 N–H and O–H groups in total. The van der Waals surface area contributed by atoms with Crippen LogP contribution in [0.4, 0.5) is 0 Å². The van der Waals surface area contributed by atoms with Crippen LogP contribution in [0.15, 0.2) is 46.9 Å². The smallest absolute Gasteiger partial charge is 0.128 e. The second-order valence-electron chi connectivity index (χ2n) is 4.31. The summed E-state index contributed by atoms with van der Waals surface area (Å²) < 4.78 is 12.3. The Hall–Kier alpha value is -1.19. The van der Waals surface area contributed by atoms with Gasteiger partial charge in [-0.15, -0.1) is 11.6 Å². The highest BCUT2D eigenvalue weighted by Crippen LogP contribution is 2.28. The van der Waals surface area contributed by atoms with Crippen molar-refractivity contribution in [1.29, 1.82) is 0 Å². The largest absolute Gasteiger partial charge is 0.494 e. The van der Waals surface area contributed by atoms with Crippen LogP contribution in [0.3, 0.4) is 0 Å². The molecule has 0 aliphatic heterocycles. The number of ether oxygens (including phenoxy) is 2. The number of alkyl halides is 1. The Balaban J connectivity index is 2.04. The Kier molecular flexibility index (Phi) is 5.74. The first-order chi connectivity index (χ1) is 9.72. The summed E-state index contributed by atoms with van der Waals surface area (Å²) in [6.45, 7) is 2.81. The van der Waals surface area contributed by atoms with Crippen LogP contribution in [0, 0.1) is 0 Å². The molecule has 0 fully saturated rings. The zero-order valence-corrected chi connectivity index (χ0v) is 13.6. The van der Waals surface area contributed by atoms with Crippen LogP contribution in [0.25, 0.3) is 0 Å². The first-order valence-corrected chi connectivity index (χ1v) is 7.80. The van der Waals surface area contributed by atoms with Crippen molar-refractivity contribution < 1.29 is 9.47 Å². The highest BCUT2D eigenvalue weighted by molar-refractivity contribution is 9.10. The van der Waals surface area contributed by atoms with Gasteiger partial charge in [0.15, 0.2) is 0 Å². The van der Waals surface area contributed by atoms with Gasteiger partial charge in [0.1, 0.15) is 17.2 Å². The van der Waals surface area contributed by atoms with Crippen LogP contribution in [0.2, 0.25) is 0 Å². The average Bonchev–Trinajstić information content (AvgIpc) is 2.47. The molecule has 0 aliphatic rings. The molecule has 2 nitrogen and oxygen atoms in total. The first kappa shape index (κ1) is 15.2. The van der Waals surface area contributed by atoms with Crippen LogP contribution >= 0.6 is 27.5 Å². The summed E-state index contributed by atoms with van der Waals surface area (Å²) in [4.78, 5) is 0. The second-order valence-corrected chi connectivity index (χ2v) is 5.43. The minimum Gasteiger partial charge on any atom is -0.494 e. The number of hydrogen-bond acceptors (Lipinski definition) is 2. The Morgan fingerprint density at radius 1 is 1.00 bits per heavy atom. The van der Waals surface area contributed by atoms with E-state index in [9.17, 15) is 0 Å². The van der Waals surface area contributed by atoms with Crippen molar-refractivity contribution in [2.45, 2.75) is 19.2 Å². The van der Waals surface area contributed by atoms with Gasteiger partial charge in [-0.1, -0.05) is 28.9 Å². The summed E-state index contributed by atoms with van der Waals surface area (Å²) in [5, 5.41) is 0. The van der Waals surface area contributed by atoms with E-state index in [1.807, 2.05) is 42.5 Å². The van der Waals surface area contributed by atoms with Crippen LogP contribution in [-0.4, -0.2) is 6.61 Å². The molecule has 0 amide bonds. The average molecular weight is 356 g/mol. The normalized spacial score (nSPS) is 10.3. The predicted molar refractivity (Wildman–Crippen MR) is 86.0 cm³/mol. The van der Waals surface area contributed by atoms with Gasteiger partial charge >= 0.3 is 0 Å². The van der Waals surface area contributed by atoms with E-state index in [1.165, 1.54) is 0 Å². The van der Waals surface area contributed by atoms with Gasteiger partial charge in [0.25, 0.3) is 0 Å². The van der Waals surface area contributed by atoms with Crippen molar-refractivity contribution in [2.24, 2.45) is 0 Å². The quantitative estimate of drug-likeness (QED) is 0.612. The van der Waals surface area contributed by atoms with Gasteiger partial charge in [-0.25, -0.2) is 0 Å². The summed E-state index contributed by atoms with van der Waals surface area (Å²) in [5.41, 5.74) is 1.04. The lowest BCUT2D eigenvalue weighted by Crippen LogP contribution is -1.94. The Morgan fingerprint density at radius 2 is 1.65 bits per heavy atom. The fourth-order valence-electron chi connectivity index (χ4n) is 1.66. The Bertz CT molecular complexity index is 555. The number of benzene rings is 2. The van der Waals surface area contributed by atoms with Gasteiger partial charge in [0.2, 0.25) is 0 Å². The molecular formula is C16H16BrClO2. The van der Waals surface area contributed by atoms with Gasteiger partial charge in [0, 0.05) is 10.4 Å². The van der Waals surface area contributed by atoms with E-state index in [1.54, 1.807) is 0 Å². The molecule has 0 aromatic heterocycles. The van der Waals surface area contributed by atoms with E-state index < -0.39 is 0 Å². The highest BCUT2D eigenvalue weighted by Gasteiger charge is 2.03. The maximum Gasteiger partial charge on any atom is 0.128 e. The van der Waals surface area contributed by atoms with Crippen LogP contribution in [0.5, 0.6) is 17.2 Å². The molecule has 20 heavy (non-hydrogen) atoms. The molecule has 0 bridgehead atoms. The molecule has 0 atom stereocenters. The molecule has 0 unspecified atom stereocenters. The fraction of sp³-hybridized carbons (Fsp3) is 0.250. The van der Waals surface area contributed by atoms with Gasteiger partial charge in [0.05, 0.1) is 6.61 Å². The molecule has 0 saturated carbocycles. The van der Waals surface area contributed by atoms with E-state index in [4.69, 9.17) is 21.1 Å². The first-order valence-electron chi connectivity index (χ1n) is 6.48. The zero-order chi connectivity index (χ0) is 14.4. The fourth-order valence-corrected chi connectivity index (χ4v) is 2.55. The molecule has 4 heteroatoms. The third-order valence-corrected chi connectivity index (χ3v) is 3.73. The molecule has 0 radical (unpaired) electrons. The Labute approximate surface area is 132 Å². The summed E-state index contributed by atoms with van der Waals surface area (Å²) in [7, 11) is 0. The zero-order valence-electron chi connectivity index (χ0n) is 11.2. The number of halogens is 2. The molecule has 0 heterocycles. The minimum absolute atomic E-state index is 0.477. The van der Waals surface area contributed by atoms with E-state index in [2.05, 4.69) is 22.9 Å². The second kappa shape index (κ2) is 7.55. The maximum atomic E-state index is 5.82. The molecule has 0 aliphatic carbocycles. The number of hydrogen-bond donors (Lipinski definition) is 0. The molecule has 0 saturated heterocycles. The SMILES string of the molecule is CCCOc1ccc(Oc2ccc(CCl)c(Br)c2)cc1. The third-order valence-electron chi connectivity index (χ3n) is 2.70. The lowest BCUT2D eigenvalue weighted by molar-refractivity contribution is 0.317. The summed E-state index contributed by atoms with van der Waals surface area (Å²) >= 11 is 9.30. The van der Waals surface area contributed by atoms with Crippen LogP contribution in [0.1, 0.15) is 18.9 Å². The topological polar surface area (TPSA) is 18.5 Å².